The topological polar surface area (TPSA) is 138 Å². The summed E-state index contributed by atoms with van der Waals surface area (Å²) in [4.78, 5) is 63.9. The van der Waals surface area contributed by atoms with Crippen molar-refractivity contribution in [3.8, 4) is 0 Å². The lowest BCUT2D eigenvalue weighted by atomic mass is 10.0. The van der Waals surface area contributed by atoms with Crippen LogP contribution in [-0.2, 0) is 33.3 Å². The second kappa shape index (κ2) is 12.2. The van der Waals surface area contributed by atoms with Crippen LogP contribution in [0.15, 0.2) is 24.3 Å². The molecular formula is C22H26N2O10. The standard InChI is InChI=1S/C22H26N2O10/c1-30-11-12-32-14-31-9-4-10-33-22(29)34-13-23-18(25)8-7-17(21(23)28)24-19(26)15-5-2-3-6-16(15)20(24)27/h2-3,5-6,17H,4,7-14H2,1H3. The van der Waals surface area contributed by atoms with Crippen molar-refractivity contribution < 1.29 is 47.7 Å². The monoisotopic (exact) mass is 478 g/mol. The van der Waals surface area contributed by atoms with Gasteiger partial charge < -0.3 is 23.7 Å². The molecule has 1 atom stereocenters. The first-order valence-corrected chi connectivity index (χ1v) is 10.7. The van der Waals surface area contributed by atoms with Gasteiger partial charge in [0.1, 0.15) is 12.8 Å². The van der Waals surface area contributed by atoms with Crippen LogP contribution in [0.1, 0.15) is 40.0 Å². The first-order chi connectivity index (χ1) is 16.5. The Morgan fingerprint density at radius 3 is 2.29 bits per heavy atom. The molecule has 0 spiro atoms. The van der Waals surface area contributed by atoms with E-state index in [1.165, 1.54) is 12.1 Å². The molecule has 2 aliphatic rings. The Balaban J connectivity index is 1.43. The number of fused-ring (bicyclic) bond motifs is 1. The van der Waals surface area contributed by atoms with Gasteiger partial charge in [0.2, 0.25) is 5.91 Å². The van der Waals surface area contributed by atoms with Gasteiger partial charge >= 0.3 is 6.16 Å². The SMILES string of the molecule is COCCOCOCCCOC(=O)OCN1C(=O)CCC(N2C(=O)c3ccccc3C2=O)C1=O. The molecule has 0 N–H and O–H groups in total. The van der Waals surface area contributed by atoms with Gasteiger partial charge in [0, 0.05) is 20.0 Å². The number of imide groups is 2. The summed E-state index contributed by atoms with van der Waals surface area (Å²) >= 11 is 0. The molecule has 3 rings (SSSR count). The highest BCUT2D eigenvalue weighted by Gasteiger charge is 2.47. The number of piperidine rings is 1. The fraction of sp³-hybridized carbons (Fsp3) is 0.500. The Hall–Kier alpha value is -3.35. The summed E-state index contributed by atoms with van der Waals surface area (Å²) in [6, 6.07) is 5.09. The quantitative estimate of drug-likeness (QED) is 0.185. The van der Waals surface area contributed by atoms with Crippen LogP contribution in [0.25, 0.3) is 0 Å². The molecule has 12 nitrogen and oxygen atoms in total. The number of ether oxygens (including phenoxy) is 5. The summed E-state index contributed by atoms with van der Waals surface area (Å²) < 4.78 is 24.9. The molecule has 34 heavy (non-hydrogen) atoms. The zero-order chi connectivity index (χ0) is 24.5. The number of amides is 4. The number of carbonyl (C=O) groups excluding carboxylic acids is 5. The summed E-state index contributed by atoms with van der Waals surface area (Å²) in [6.07, 6.45) is -0.781. The number of nitrogens with zero attached hydrogens (tertiary/aromatic N) is 2. The Bertz CT molecular complexity index is 899. The van der Waals surface area contributed by atoms with Gasteiger partial charge in [-0.25, -0.2) is 9.69 Å². The average molecular weight is 478 g/mol. The fourth-order valence-electron chi connectivity index (χ4n) is 3.48. The van der Waals surface area contributed by atoms with Gasteiger partial charge in [-0.05, 0) is 18.6 Å². The van der Waals surface area contributed by atoms with Gasteiger partial charge in [-0.2, -0.15) is 0 Å². The van der Waals surface area contributed by atoms with E-state index in [0.29, 0.717) is 24.5 Å². The molecule has 1 aromatic carbocycles. The van der Waals surface area contributed by atoms with E-state index in [-0.39, 0.29) is 44.0 Å². The number of hydrogen-bond acceptors (Lipinski definition) is 10. The Kier molecular flexibility index (Phi) is 9.08. The second-order valence-corrected chi connectivity index (χ2v) is 7.39. The highest BCUT2D eigenvalue weighted by Crippen LogP contribution is 2.28. The van der Waals surface area contributed by atoms with Gasteiger partial charge in [0.15, 0.2) is 6.73 Å². The predicted octanol–water partition coefficient (Wildman–Crippen LogP) is 0.938. The molecular weight excluding hydrogens is 452 g/mol. The van der Waals surface area contributed by atoms with Gasteiger partial charge in [0.25, 0.3) is 17.7 Å². The van der Waals surface area contributed by atoms with Crippen molar-refractivity contribution in [2.45, 2.75) is 25.3 Å². The zero-order valence-electron chi connectivity index (χ0n) is 18.7. The maximum Gasteiger partial charge on any atom is 0.510 e. The van der Waals surface area contributed by atoms with Crippen LogP contribution in [0.3, 0.4) is 0 Å². The summed E-state index contributed by atoms with van der Waals surface area (Å²) in [7, 11) is 1.56. The van der Waals surface area contributed by atoms with Crippen molar-refractivity contribution in [2.75, 3.05) is 47.1 Å². The third-order valence-electron chi connectivity index (χ3n) is 5.18. The summed E-state index contributed by atoms with van der Waals surface area (Å²) in [5.74, 6) is -2.56. The molecule has 2 aliphatic heterocycles. The number of carbonyl (C=O) groups is 5. The Labute approximate surface area is 195 Å². The van der Waals surface area contributed by atoms with E-state index in [9.17, 15) is 24.0 Å². The van der Waals surface area contributed by atoms with Crippen molar-refractivity contribution in [1.82, 2.24) is 9.80 Å². The van der Waals surface area contributed by atoms with Crippen molar-refractivity contribution >= 4 is 29.8 Å². The van der Waals surface area contributed by atoms with E-state index < -0.39 is 42.6 Å². The molecule has 1 saturated heterocycles. The normalized spacial score (nSPS) is 17.9. The van der Waals surface area contributed by atoms with Crippen LogP contribution < -0.4 is 0 Å². The molecule has 1 aromatic rings. The number of hydrogen-bond donors (Lipinski definition) is 0. The van der Waals surface area contributed by atoms with Crippen LogP contribution in [0.5, 0.6) is 0 Å². The zero-order valence-corrected chi connectivity index (χ0v) is 18.7. The summed E-state index contributed by atoms with van der Waals surface area (Å²) in [6.45, 7) is 0.545. The van der Waals surface area contributed by atoms with E-state index in [0.717, 1.165) is 4.90 Å². The average Bonchev–Trinajstić information content (AvgIpc) is 3.08. The Morgan fingerprint density at radius 2 is 1.62 bits per heavy atom. The second-order valence-electron chi connectivity index (χ2n) is 7.39. The third-order valence-corrected chi connectivity index (χ3v) is 5.18. The third kappa shape index (κ3) is 5.95. The molecule has 0 saturated carbocycles. The van der Waals surface area contributed by atoms with Crippen molar-refractivity contribution in [2.24, 2.45) is 0 Å². The maximum atomic E-state index is 12.9. The van der Waals surface area contributed by atoms with E-state index >= 15 is 0 Å². The van der Waals surface area contributed by atoms with Crippen LogP contribution in [0.2, 0.25) is 0 Å². The van der Waals surface area contributed by atoms with Crippen molar-refractivity contribution in [3.63, 3.8) is 0 Å². The highest BCUT2D eigenvalue weighted by atomic mass is 16.7. The van der Waals surface area contributed by atoms with Gasteiger partial charge in [-0.1, -0.05) is 12.1 Å². The lowest BCUT2D eigenvalue weighted by Crippen LogP contribution is -2.56. The number of benzene rings is 1. The predicted molar refractivity (Wildman–Crippen MR) is 112 cm³/mol. The van der Waals surface area contributed by atoms with E-state index in [1.807, 2.05) is 0 Å². The summed E-state index contributed by atoms with van der Waals surface area (Å²) in [5, 5.41) is 0. The van der Waals surface area contributed by atoms with Gasteiger partial charge in [-0.15, -0.1) is 0 Å². The van der Waals surface area contributed by atoms with Crippen LogP contribution in [0.4, 0.5) is 4.79 Å². The van der Waals surface area contributed by atoms with Crippen LogP contribution >= 0.6 is 0 Å². The van der Waals surface area contributed by atoms with E-state index in [2.05, 4.69) is 0 Å². The smallest absolute Gasteiger partial charge is 0.434 e. The molecule has 1 fully saturated rings. The lowest BCUT2D eigenvalue weighted by molar-refractivity contribution is -0.156. The lowest BCUT2D eigenvalue weighted by Gasteiger charge is -2.33. The molecule has 12 heteroatoms. The fourth-order valence-corrected chi connectivity index (χ4v) is 3.48. The number of methoxy groups -OCH3 is 1. The molecule has 0 radical (unpaired) electrons. The maximum absolute atomic E-state index is 12.9. The van der Waals surface area contributed by atoms with E-state index in [4.69, 9.17) is 23.7 Å². The molecule has 184 valence electrons. The number of rotatable bonds is 12. The van der Waals surface area contributed by atoms with Crippen molar-refractivity contribution in [3.05, 3.63) is 35.4 Å². The summed E-state index contributed by atoms with van der Waals surface area (Å²) in [5.41, 5.74) is 0.406. The largest absolute Gasteiger partial charge is 0.510 e. The molecule has 0 aromatic heterocycles. The van der Waals surface area contributed by atoms with Crippen LogP contribution in [-0.4, -0.2) is 92.7 Å². The molecule has 0 aliphatic carbocycles. The Morgan fingerprint density at radius 1 is 0.941 bits per heavy atom. The van der Waals surface area contributed by atoms with Gasteiger partial charge in [-0.3, -0.25) is 24.1 Å². The molecule has 4 amide bonds. The van der Waals surface area contributed by atoms with Crippen LogP contribution in [0, 0.1) is 0 Å². The van der Waals surface area contributed by atoms with Gasteiger partial charge in [0.05, 0.1) is 37.6 Å². The van der Waals surface area contributed by atoms with Crippen molar-refractivity contribution in [1.29, 1.82) is 0 Å². The molecule has 1 unspecified atom stereocenters. The first-order valence-electron chi connectivity index (χ1n) is 10.7. The molecule has 2 heterocycles. The first kappa shape index (κ1) is 25.3. The minimum absolute atomic E-state index is 0.000730. The highest BCUT2D eigenvalue weighted by molar-refractivity contribution is 6.23. The number of likely N-dealkylation sites (tertiary alicyclic amines) is 1. The minimum atomic E-state index is -1.16. The van der Waals surface area contributed by atoms with E-state index in [1.54, 1.807) is 19.2 Å². The molecule has 0 bridgehead atoms. The minimum Gasteiger partial charge on any atom is -0.434 e.